The highest BCUT2D eigenvalue weighted by atomic mass is 16.5. The number of para-hydroxylation sites is 1. The van der Waals surface area contributed by atoms with Crippen LogP contribution in [0, 0.1) is 0 Å². The van der Waals surface area contributed by atoms with Crippen LogP contribution in [-0.4, -0.2) is 35.5 Å². The molecular formula is C26H24N2O3. The summed E-state index contributed by atoms with van der Waals surface area (Å²) < 4.78 is 11.9. The standard InChI is InChI=1S/C26H24N2O3/c1-28(17-21-15-19-9-5-6-10-23(19)30-21)26(29)20-12-13-24-22(16-20)27-25(31-24)14-11-18-7-3-2-4-8-18/h2-10,12-13,16,21H,11,14-15,17H2,1H3/t21-/m1/s1. The van der Waals surface area contributed by atoms with Crippen molar-refractivity contribution in [3.63, 3.8) is 0 Å². The monoisotopic (exact) mass is 412 g/mol. The molecule has 0 saturated heterocycles. The average molecular weight is 412 g/mol. The SMILES string of the molecule is CN(C[C@H]1Cc2ccccc2O1)C(=O)c1ccc2oc(CCc3ccccc3)nc2c1. The summed E-state index contributed by atoms with van der Waals surface area (Å²) in [5.41, 5.74) is 4.47. The summed E-state index contributed by atoms with van der Waals surface area (Å²) in [5.74, 6) is 1.56. The van der Waals surface area contributed by atoms with Gasteiger partial charge in [-0.1, -0.05) is 48.5 Å². The molecule has 3 aromatic carbocycles. The molecule has 156 valence electrons. The van der Waals surface area contributed by atoms with E-state index in [1.165, 1.54) is 11.1 Å². The summed E-state index contributed by atoms with van der Waals surface area (Å²) in [7, 11) is 1.81. The number of carbonyl (C=O) groups is 1. The van der Waals surface area contributed by atoms with Crippen molar-refractivity contribution in [2.45, 2.75) is 25.4 Å². The first-order chi connectivity index (χ1) is 15.2. The van der Waals surface area contributed by atoms with E-state index in [-0.39, 0.29) is 12.0 Å². The Balaban J connectivity index is 1.24. The Bertz CT molecular complexity index is 1190. The Kier molecular flexibility index (Phi) is 5.16. The van der Waals surface area contributed by atoms with E-state index in [0.717, 1.165) is 25.0 Å². The van der Waals surface area contributed by atoms with E-state index in [0.29, 0.717) is 29.1 Å². The van der Waals surface area contributed by atoms with Crippen molar-refractivity contribution in [3.05, 3.63) is 95.4 Å². The second-order valence-electron chi connectivity index (χ2n) is 8.01. The van der Waals surface area contributed by atoms with Gasteiger partial charge >= 0.3 is 0 Å². The van der Waals surface area contributed by atoms with E-state index >= 15 is 0 Å². The molecule has 1 aliphatic rings. The molecule has 0 spiro atoms. The molecule has 0 aliphatic carbocycles. The van der Waals surface area contributed by atoms with Crippen LogP contribution in [-0.2, 0) is 19.3 Å². The number of likely N-dealkylation sites (N-methyl/N-ethyl adjacent to an activating group) is 1. The Labute approximate surface area is 181 Å². The second kappa shape index (κ2) is 8.26. The van der Waals surface area contributed by atoms with Gasteiger partial charge in [-0.3, -0.25) is 4.79 Å². The zero-order valence-electron chi connectivity index (χ0n) is 17.5. The Morgan fingerprint density at radius 3 is 2.68 bits per heavy atom. The third-order valence-corrected chi connectivity index (χ3v) is 5.69. The van der Waals surface area contributed by atoms with Crippen LogP contribution >= 0.6 is 0 Å². The predicted molar refractivity (Wildman–Crippen MR) is 119 cm³/mol. The van der Waals surface area contributed by atoms with Crippen molar-refractivity contribution in [3.8, 4) is 5.75 Å². The van der Waals surface area contributed by atoms with Crippen LogP contribution in [0.2, 0.25) is 0 Å². The van der Waals surface area contributed by atoms with Gasteiger partial charge in [-0.2, -0.15) is 0 Å². The largest absolute Gasteiger partial charge is 0.488 e. The van der Waals surface area contributed by atoms with Crippen molar-refractivity contribution in [2.24, 2.45) is 0 Å². The van der Waals surface area contributed by atoms with Gasteiger partial charge in [0.25, 0.3) is 5.91 Å². The zero-order chi connectivity index (χ0) is 21.2. The fraction of sp³-hybridized carbons (Fsp3) is 0.231. The minimum atomic E-state index is -0.0460. The molecule has 0 radical (unpaired) electrons. The third-order valence-electron chi connectivity index (χ3n) is 5.69. The van der Waals surface area contributed by atoms with Crippen molar-refractivity contribution >= 4 is 17.0 Å². The quantitative estimate of drug-likeness (QED) is 0.461. The minimum Gasteiger partial charge on any atom is -0.488 e. The summed E-state index contributed by atoms with van der Waals surface area (Å²) in [6, 6.07) is 23.8. The van der Waals surface area contributed by atoms with Gasteiger partial charge in [0.05, 0.1) is 6.54 Å². The van der Waals surface area contributed by atoms with Gasteiger partial charge in [0.2, 0.25) is 0 Å². The van der Waals surface area contributed by atoms with Crippen molar-refractivity contribution in [2.75, 3.05) is 13.6 Å². The molecule has 0 N–H and O–H groups in total. The molecule has 1 aromatic heterocycles. The van der Waals surface area contributed by atoms with Gasteiger partial charge < -0.3 is 14.1 Å². The first-order valence-corrected chi connectivity index (χ1v) is 10.6. The highest BCUT2D eigenvalue weighted by molar-refractivity contribution is 5.97. The maximum Gasteiger partial charge on any atom is 0.253 e. The number of aromatic nitrogens is 1. The maximum absolute atomic E-state index is 13.0. The van der Waals surface area contributed by atoms with E-state index in [2.05, 4.69) is 23.2 Å². The smallest absolute Gasteiger partial charge is 0.253 e. The minimum absolute atomic E-state index is 0.0216. The number of aryl methyl sites for hydroxylation is 2. The Morgan fingerprint density at radius 1 is 1.03 bits per heavy atom. The molecule has 1 aliphatic heterocycles. The van der Waals surface area contributed by atoms with Crippen LogP contribution in [0.1, 0.15) is 27.4 Å². The molecule has 5 nitrogen and oxygen atoms in total. The van der Waals surface area contributed by atoms with E-state index in [1.807, 2.05) is 55.6 Å². The first kappa shape index (κ1) is 19.4. The van der Waals surface area contributed by atoms with E-state index in [1.54, 1.807) is 11.0 Å². The third kappa shape index (κ3) is 4.17. The number of hydrogen-bond acceptors (Lipinski definition) is 4. The van der Waals surface area contributed by atoms with E-state index in [4.69, 9.17) is 9.15 Å². The normalized spacial score (nSPS) is 14.9. The van der Waals surface area contributed by atoms with Gasteiger partial charge in [-0.15, -0.1) is 0 Å². The fourth-order valence-electron chi connectivity index (χ4n) is 4.08. The molecule has 0 saturated carbocycles. The molecule has 0 fully saturated rings. The molecule has 5 rings (SSSR count). The Morgan fingerprint density at radius 2 is 1.84 bits per heavy atom. The van der Waals surface area contributed by atoms with Crippen LogP contribution in [0.3, 0.4) is 0 Å². The molecule has 0 unspecified atom stereocenters. The summed E-state index contributed by atoms with van der Waals surface area (Å²) in [6.07, 6.45) is 2.39. The van der Waals surface area contributed by atoms with E-state index in [9.17, 15) is 4.79 Å². The number of ether oxygens (including phenoxy) is 1. The lowest BCUT2D eigenvalue weighted by Gasteiger charge is -2.21. The van der Waals surface area contributed by atoms with Crippen LogP contribution < -0.4 is 4.74 Å². The number of benzene rings is 3. The van der Waals surface area contributed by atoms with Crippen LogP contribution in [0.5, 0.6) is 5.75 Å². The van der Waals surface area contributed by atoms with Crippen LogP contribution in [0.25, 0.3) is 11.1 Å². The number of nitrogens with zero attached hydrogens (tertiary/aromatic N) is 2. The molecule has 31 heavy (non-hydrogen) atoms. The molecule has 4 aromatic rings. The maximum atomic E-state index is 13.0. The first-order valence-electron chi connectivity index (χ1n) is 10.6. The van der Waals surface area contributed by atoms with Gasteiger partial charge in [0.15, 0.2) is 11.5 Å². The molecular weight excluding hydrogens is 388 g/mol. The molecule has 1 atom stereocenters. The van der Waals surface area contributed by atoms with Gasteiger partial charge in [0.1, 0.15) is 17.4 Å². The number of amides is 1. The Hall–Kier alpha value is -3.60. The molecule has 0 bridgehead atoms. The molecule has 1 amide bonds. The number of fused-ring (bicyclic) bond motifs is 2. The summed E-state index contributed by atoms with van der Waals surface area (Å²) in [6.45, 7) is 0.534. The highest BCUT2D eigenvalue weighted by Gasteiger charge is 2.25. The summed E-state index contributed by atoms with van der Waals surface area (Å²) >= 11 is 0. The van der Waals surface area contributed by atoms with Crippen molar-refractivity contribution < 1.29 is 13.9 Å². The topological polar surface area (TPSA) is 55.6 Å². The number of rotatable bonds is 6. The van der Waals surface area contributed by atoms with Crippen molar-refractivity contribution in [1.82, 2.24) is 9.88 Å². The lowest BCUT2D eigenvalue weighted by Crippen LogP contribution is -2.36. The van der Waals surface area contributed by atoms with Gasteiger partial charge in [-0.25, -0.2) is 4.98 Å². The summed E-state index contributed by atoms with van der Waals surface area (Å²) in [5, 5.41) is 0. The van der Waals surface area contributed by atoms with Crippen LogP contribution in [0.15, 0.2) is 77.2 Å². The van der Waals surface area contributed by atoms with Gasteiger partial charge in [-0.05, 0) is 41.8 Å². The number of hydrogen-bond donors (Lipinski definition) is 0. The summed E-state index contributed by atoms with van der Waals surface area (Å²) in [4.78, 5) is 19.3. The lowest BCUT2D eigenvalue weighted by molar-refractivity contribution is 0.0730. The number of oxazole rings is 1. The second-order valence-corrected chi connectivity index (χ2v) is 8.01. The fourth-order valence-corrected chi connectivity index (χ4v) is 4.08. The average Bonchev–Trinajstić information content (AvgIpc) is 3.40. The number of carbonyl (C=O) groups excluding carboxylic acids is 1. The van der Waals surface area contributed by atoms with Crippen molar-refractivity contribution in [1.29, 1.82) is 0 Å². The lowest BCUT2D eigenvalue weighted by atomic mass is 10.1. The van der Waals surface area contributed by atoms with Crippen LogP contribution in [0.4, 0.5) is 0 Å². The predicted octanol–water partition coefficient (Wildman–Crippen LogP) is 4.69. The van der Waals surface area contributed by atoms with Gasteiger partial charge in [0, 0.05) is 25.5 Å². The highest BCUT2D eigenvalue weighted by Crippen LogP contribution is 2.28. The molecule has 2 heterocycles. The zero-order valence-corrected chi connectivity index (χ0v) is 17.5. The van der Waals surface area contributed by atoms with E-state index < -0.39 is 0 Å². The molecule has 5 heteroatoms.